The van der Waals surface area contributed by atoms with Gasteiger partial charge in [-0.2, -0.15) is 0 Å². The summed E-state index contributed by atoms with van der Waals surface area (Å²) in [5.74, 6) is 0. The van der Waals surface area contributed by atoms with Gasteiger partial charge < -0.3 is 11.5 Å². The van der Waals surface area contributed by atoms with Gasteiger partial charge in [-0.05, 0) is 30.5 Å². The standard InChI is InChI=1S/C12H20N2/c1-3-4-5-12(14)10-6-7-11(13)9(2)8-10/h6-8,12H,3-5,13-14H2,1-2H3. The summed E-state index contributed by atoms with van der Waals surface area (Å²) in [4.78, 5) is 0. The Morgan fingerprint density at radius 3 is 2.64 bits per heavy atom. The molecule has 0 fully saturated rings. The first-order chi connectivity index (χ1) is 6.65. The molecule has 0 radical (unpaired) electrons. The summed E-state index contributed by atoms with van der Waals surface area (Å²) in [5.41, 5.74) is 15.0. The summed E-state index contributed by atoms with van der Waals surface area (Å²) in [5, 5.41) is 0. The minimum Gasteiger partial charge on any atom is -0.399 e. The van der Waals surface area contributed by atoms with E-state index >= 15 is 0 Å². The highest BCUT2D eigenvalue weighted by atomic mass is 14.6. The quantitative estimate of drug-likeness (QED) is 0.721. The molecule has 0 amide bonds. The number of hydrogen-bond donors (Lipinski definition) is 2. The molecular weight excluding hydrogens is 172 g/mol. The largest absolute Gasteiger partial charge is 0.399 e. The topological polar surface area (TPSA) is 52.0 Å². The van der Waals surface area contributed by atoms with Gasteiger partial charge in [-0.3, -0.25) is 0 Å². The fourth-order valence-corrected chi connectivity index (χ4v) is 1.52. The first-order valence-corrected chi connectivity index (χ1v) is 5.26. The Hall–Kier alpha value is -1.02. The first kappa shape index (κ1) is 11.1. The summed E-state index contributed by atoms with van der Waals surface area (Å²) in [6.07, 6.45) is 3.44. The third kappa shape index (κ3) is 2.74. The minimum atomic E-state index is 0.161. The van der Waals surface area contributed by atoms with Crippen LogP contribution in [0.25, 0.3) is 0 Å². The Labute approximate surface area is 86.3 Å². The van der Waals surface area contributed by atoms with E-state index in [1.807, 2.05) is 19.1 Å². The van der Waals surface area contributed by atoms with Crippen molar-refractivity contribution in [3.63, 3.8) is 0 Å². The second-order valence-corrected chi connectivity index (χ2v) is 3.86. The predicted octanol–water partition coefficient (Wildman–Crippen LogP) is 2.77. The number of anilines is 1. The summed E-state index contributed by atoms with van der Waals surface area (Å²) in [7, 11) is 0. The zero-order chi connectivity index (χ0) is 10.6. The second-order valence-electron chi connectivity index (χ2n) is 3.86. The normalized spacial score (nSPS) is 12.8. The number of aryl methyl sites for hydroxylation is 1. The maximum absolute atomic E-state index is 6.06. The summed E-state index contributed by atoms with van der Waals surface area (Å²) in [6, 6.07) is 6.23. The molecule has 14 heavy (non-hydrogen) atoms. The van der Waals surface area contributed by atoms with E-state index in [1.165, 1.54) is 18.4 Å². The van der Waals surface area contributed by atoms with E-state index in [9.17, 15) is 0 Å². The molecule has 4 N–H and O–H groups in total. The van der Waals surface area contributed by atoms with Crippen LogP contribution in [0.5, 0.6) is 0 Å². The van der Waals surface area contributed by atoms with Gasteiger partial charge >= 0.3 is 0 Å². The Balaban J connectivity index is 2.70. The van der Waals surface area contributed by atoms with Crippen LogP contribution in [0.1, 0.15) is 43.4 Å². The highest BCUT2D eigenvalue weighted by Gasteiger charge is 2.05. The lowest BCUT2D eigenvalue weighted by Gasteiger charge is -2.12. The molecule has 1 unspecified atom stereocenters. The average molecular weight is 192 g/mol. The van der Waals surface area contributed by atoms with Crippen LogP contribution in [0.2, 0.25) is 0 Å². The molecule has 0 aliphatic heterocycles. The smallest absolute Gasteiger partial charge is 0.0343 e. The lowest BCUT2D eigenvalue weighted by molar-refractivity contribution is 0.603. The van der Waals surface area contributed by atoms with Crippen molar-refractivity contribution in [1.29, 1.82) is 0 Å². The Morgan fingerprint density at radius 1 is 1.36 bits per heavy atom. The molecule has 1 rings (SSSR count). The Morgan fingerprint density at radius 2 is 2.07 bits per heavy atom. The van der Waals surface area contributed by atoms with Gasteiger partial charge in [0.25, 0.3) is 0 Å². The van der Waals surface area contributed by atoms with Gasteiger partial charge in [-0.15, -0.1) is 0 Å². The predicted molar refractivity (Wildman–Crippen MR) is 62.0 cm³/mol. The molecule has 0 spiro atoms. The SMILES string of the molecule is CCCCC(N)c1ccc(N)c(C)c1. The molecule has 1 aromatic rings. The van der Waals surface area contributed by atoms with E-state index < -0.39 is 0 Å². The van der Waals surface area contributed by atoms with Crippen LogP contribution >= 0.6 is 0 Å². The van der Waals surface area contributed by atoms with Gasteiger partial charge in [0.2, 0.25) is 0 Å². The van der Waals surface area contributed by atoms with Gasteiger partial charge in [0, 0.05) is 11.7 Å². The Kier molecular flexibility index (Phi) is 3.96. The molecule has 1 atom stereocenters. The molecule has 0 aliphatic rings. The molecule has 0 aromatic heterocycles. The molecule has 1 aromatic carbocycles. The van der Waals surface area contributed by atoms with E-state index in [0.29, 0.717) is 0 Å². The number of benzene rings is 1. The zero-order valence-electron chi connectivity index (χ0n) is 9.09. The lowest BCUT2D eigenvalue weighted by Crippen LogP contribution is -2.10. The zero-order valence-corrected chi connectivity index (χ0v) is 9.09. The highest BCUT2D eigenvalue weighted by molar-refractivity contribution is 5.48. The van der Waals surface area contributed by atoms with Crippen LogP contribution in [0, 0.1) is 6.92 Å². The van der Waals surface area contributed by atoms with Crippen molar-refractivity contribution < 1.29 is 0 Å². The summed E-state index contributed by atoms with van der Waals surface area (Å²) in [6.45, 7) is 4.20. The van der Waals surface area contributed by atoms with Crippen molar-refractivity contribution in [3.05, 3.63) is 29.3 Å². The van der Waals surface area contributed by atoms with E-state index in [2.05, 4.69) is 13.0 Å². The van der Waals surface area contributed by atoms with Crippen LogP contribution in [-0.4, -0.2) is 0 Å². The van der Waals surface area contributed by atoms with Crippen molar-refractivity contribution in [1.82, 2.24) is 0 Å². The molecule has 2 nitrogen and oxygen atoms in total. The Bertz CT molecular complexity index is 294. The number of unbranched alkanes of at least 4 members (excludes halogenated alkanes) is 1. The number of nitrogen functional groups attached to an aromatic ring is 1. The lowest BCUT2D eigenvalue weighted by atomic mass is 10.00. The van der Waals surface area contributed by atoms with Crippen LogP contribution in [0.4, 0.5) is 5.69 Å². The fourth-order valence-electron chi connectivity index (χ4n) is 1.52. The van der Waals surface area contributed by atoms with Crippen LogP contribution in [-0.2, 0) is 0 Å². The summed E-state index contributed by atoms with van der Waals surface area (Å²) >= 11 is 0. The van der Waals surface area contributed by atoms with Crippen molar-refractivity contribution in [2.24, 2.45) is 5.73 Å². The van der Waals surface area contributed by atoms with Crippen molar-refractivity contribution in [2.45, 2.75) is 39.2 Å². The minimum absolute atomic E-state index is 0.161. The third-order valence-corrected chi connectivity index (χ3v) is 2.59. The van der Waals surface area contributed by atoms with Crippen LogP contribution in [0.15, 0.2) is 18.2 Å². The number of hydrogen-bond acceptors (Lipinski definition) is 2. The monoisotopic (exact) mass is 192 g/mol. The maximum atomic E-state index is 6.06. The van der Waals surface area contributed by atoms with Crippen molar-refractivity contribution in [2.75, 3.05) is 5.73 Å². The first-order valence-electron chi connectivity index (χ1n) is 5.26. The van der Waals surface area contributed by atoms with E-state index in [0.717, 1.165) is 17.7 Å². The second kappa shape index (κ2) is 5.01. The van der Waals surface area contributed by atoms with Crippen LogP contribution < -0.4 is 11.5 Å². The fraction of sp³-hybridized carbons (Fsp3) is 0.500. The van der Waals surface area contributed by atoms with E-state index in [1.54, 1.807) is 0 Å². The average Bonchev–Trinajstić information content (AvgIpc) is 2.18. The van der Waals surface area contributed by atoms with Gasteiger partial charge in [0.1, 0.15) is 0 Å². The third-order valence-electron chi connectivity index (χ3n) is 2.59. The summed E-state index contributed by atoms with van der Waals surface area (Å²) < 4.78 is 0. The molecule has 0 heterocycles. The van der Waals surface area contributed by atoms with E-state index in [4.69, 9.17) is 11.5 Å². The maximum Gasteiger partial charge on any atom is 0.0343 e. The van der Waals surface area contributed by atoms with Gasteiger partial charge in [-0.25, -0.2) is 0 Å². The molecule has 0 saturated heterocycles. The molecule has 0 aliphatic carbocycles. The number of nitrogens with two attached hydrogens (primary N) is 2. The van der Waals surface area contributed by atoms with E-state index in [-0.39, 0.29) is 6.04 Å². The molecular formula is C12H20N2. The molecule has 0 bridgehead atoms. The number of rotatable bonds is 4. The van der Waals surface area contributed by atoms with Crippen LogP contribution in [0.3, 0.4) is 0 Å². The van der Waals surface area contributed by atoms with Crippen molar-refractivity contribution in [3.8, 4) is 0 Å². The molecule has 0 saturated carbocycles. The van der Waals surface area contributed by atoms with Gasteiger partial charge in [0.15, 0.2) is 0 Å². The highest BCUT2D eigenvalue weighted by Crippen LogP contribution is 2.20. The molecule has 78 valence electrons. The molecule has 2 heteroatoms. The van der Waals surface area contributed by atoms with Gasteiger partial charge in [0.05, 0.1) is 0 Å². The van der Waals surface area contributed by atoms with Gasteiger partial charge in [-0.1, -0.05) is 31.9 Å². The van der Waals surface area contributed by atoms with Crippen molar-refractivity contribution >= 4 is 5.69 Å².